The maximum absolute atomic E-state index is 13.0. The summed E-state index contributed by atoms with van der Waals surface area (Å²) >= 11 is 0. The Labute approximate surface area is 120 Å². The van der Waals surface area contributed by atoms with Crippen LogP contribution in [0.15, 0.2) is 0 Å². The standard InChI is InChI=1S/C9H9F11O3/c10-5(11,3-23-2-4(22)1-21)6(12,13)7(14,15)8(16,17)9(18,19)20/h4,21-22H,1-3H2/t4-/m1/s1. The van der Waals surface area contributed by atoms with Gasteiger partial charge in [0.25, 0.3) is 0 Å². The van der Waals surface area contributed by atoms with Crippen molar-refractivity contribution < 1.29 is 63.2 Å². The van der Waals surface area contributed by atoms with Crippen molar-refractivity contribution in [2.24, 2.45) is 0 Å². The van der Waals surface area contributed by atoms with E-state index in [9.17, 15) is 48.3 Å². The van der Waals surface area contributed by atoms with Gasteiger partial charge in [-0.1, -0.05) is 0 Å². The van der Waals surface area contributed by atoms with Crippen LogP contribution in [-0.2, 0) is 4.74 Å². The lowest BCUT2D eigenvalue weighted by Gasteiger charge is -2.37. The Balaban J connectivity index is 5.41. The number of alkyl halides is 11. The number of hydrogen-bond donors (Lipinski definition) is 2. The van der Waals surface area contributed by atoms with Crippen molar-refractivity contribution in [3.8, 4) is 0 Å². The fourth-order valence-corrected chi connectivity index (χ4v) is 1.07. The largest absolute Gasteiger partial charge is 0.460 e. The molecule has 0 spiro atoms. The SMILES string of the molecule is OC[C@@H](O)COCC(F)(F)C(F)(F)C(F)(F)C(F)(F)C(F)(F)F. The van der Waals surface area contributed by atoms with E-state index in [2.05, 4.69) is 4.74 Å². The number of rotatable bonds is 8. The molecule has 0 rings (SSSR count). The molecule has 0 aliphatic carbocycles. The first-order valence-corrected chi connectivity index (χ1v) is 5.40. The van der Waals surface area contributed by atoms with Gasteiger partial charge in [-0.2, -0.15) is 48.3 Å². The maximum Gasteiger partial charge on any atom is 0.460 e. The van der Waals surface area contributed by atoms with Gasteiger partial charge in [0, 0.05) is 0 Å². The van der Waals surface area contributed by atoms with E-state index in [1.807, 2.05) is 0 Å². The molecule has 0 aromatic heterocycles. The van der Waals surface area contributed by atoms with Gasteiger partial charge in [-0.3, -0.25) is 0 Å². The summed E-state index contributed by atoms with van der Waals surface area (Å²) in [6.45, 7) is -5.10. The summed E-state index contributed by atoms with van der Waals surface area (Å²) in [6, 6.07) is 0. The van der Waals surface area contributed by atoms with Crippen LogP contribution >= 0.6 is 0 Å². The minimum Gasteiger partial charge on any atom is -0.394 e. The van der Waals surface area contributed by atoms with Crippen molar-refractivity contribution in [1.29, 1.82) is 0 Å². The van der Waals surface area contributed by atoms with Crippen LogP contribution in [0.1, 0.15) is 0 Å². The van der Waals surface area contributed by atoms with Gasteiger partial charge >= 0.3 is 29.9 Å². The number of aliphatic hydroxyl groups is 2. The van der Waals surface area contributed by atoms with Crippen molar-refractivity contribution in [3.63, 3.8) is 0 Å². The van der Waals surface area contributed by atoms with E-state index in [0.717, 1.165) is 0 Å². The van der Waals surface area contributed by atoms with E-state index in [-0.39, 0.29) is 0 Å². The summed E-state index contributed by atoms with van der Waals surface area (Å²) in [6.07, 6.45) is -9.11. The zero-order valence-corrected chi connectivity index (χ0v) is 10.7. The third-order valence-corrected chi connectivity index (χ3v) is 2.41. The quantitative estimate of drug-likeness (QED) is 0.642. The van der Waals surface area contributed by atoms with E-state index in [0.29, 0.717) is 0 Å². The molecule has 3 nitrogen and oxygen atoms in total. The Morgan fingerprint density at radius 2 is 1.17 bits per heavy atom. The van der Waals surface area contributed by atoms with Crippen molar-refractivity contribution in [3.05, 3.63) is 0 Å². The summed E-state index contributed by atoms with van der Waals surface area (Å²) in [5.74, 6) is -28.2. The van der Waals surface area contributed by atoms with Gasteiger partial charge in [0.1, 0.15) is 12.7 Å². The van der Waals surface area contributed by atoms with Gasteiger partial charge in [-0.25, -0.2) is 0 Å². The lowest BCUT2D eigenvalue weighted by molar-refractivity contribution is -0.424. The molecule has 0 aromatic rings. The second kappa shape index (κ2) is 6.55. The summed E-state index contributed by atoms with van der Waals surface area (Å²) in [5.41, 5.74) is 0. The average molecular weight is 374 g/mol. The Morgan fingerprint density at radius 3 is 1.52 bits per heavy atom. The van der Waals surface area contributed by atoms with E-state index in [1.54, 1.807) is 0 Å². The molecule has 0 saturated heterocycles. The molecule has 1 atom stereocenters. The fraction of sp³-hybridized carbons (Fsp3) is 1.00. The van der Waals surface area contributed by atoms with Crippen LogP contribution < -0.4 is 0 Å². The normalized spacial score (nSPS) is 16.6. The summed E-state index contributed by atoms with van der Waals surface area (Å²) in [5, 5.41) is 16.9. The number of halogens is 11. The first-order chi connectivity index (χ1) is 9.95. The summed E-state index contributed by atoms with van der Waals surface area (Å²) < 4.78 is 141. The molecule has 0 aliphatic rings. The lowest BCUT2D eigenvalue weighted by Crippen LogP contribution is -2.67. The molecular formula is C9H9F11O3. The molecule has 0 fully saturated rings. The number of hydrogen-bond acceptors (Lipinski definition) is 3. The average Bonchev–Trinajstić information content (AvgIpc) is 2.36. The number of ether oxygens (including phenoxy) is 1. The van der Waals surface area contributed by atoms with E-state index < -0.39 is 55.8 Å². The maximum atomic E-state index is 13.0. The first kappa shape index (κ1) is 22.1. The molecule has 23 heavy (non-hydrogen) atoms. The third kappa shape index (κ3) is 3.96. The zero-order chi connectivity index (χ0) is 18.9. The molecule has 0 amide bonds. The second-order valence-electron chi connectivity index (χ2n) is 4.28. The van der Waals surface area contributed by atoms with Crippen molar-refractivity contribution in [1.82, 2.24) is 0 Å². The Morgan fingerprint density at radius 1 is 0.739 bits per heavy atom. The van der Waals surface area contributed by atoms with E-state index in [4.69, 9.17) is 10.2 Å². The van der Waals surface area contributed by atoms with Crippen LogP contribution in [0.5, 0.6) is 0 Å². The van der Waals surface area contributed by atoms with E-state index in [1.165, 1.54) is 0 Å². The van der Waals surface area contributed by atoms with Gasteiger partial charge in [-0.15, -0.1) is 0 Å². The highest BCUT2D eigenvalue weighted by Crippen LogP contribution is 2.57. The molecule has 0 radical (unpaired) electrons. The third-order valence-electron chi connectivity index (χ3n) is 2.41. The molecule has 2 N–H and O–H groups in total. The van der Waals surface area contributed by atoms with Gasteiger partial charge in [0.2, 0.25) is 0 Å². The predicted octanol–water partition coefficient (Wildman–Crippen LogP) is 2.46. The molecule has 0 aromatic carbocycles. The van der Waals surface area contributed by atoms with Crippen LogP contribution in [0.3, 0.4) is 0 Å². The number of aliphatic hydroxyl groups excluding tert-OH is 2. The molecule has 140 valence electrons. The van der Waals surface area contributed by atoms with Crippen molar-refractivity contribution in [2.75, 3.05) is 19.8 Å². The van der Waals surface area contributed by atoms with Crippen LogP contribution in [-0.4, -0.2) is 66.0 Å². The van der Waals surface area contributed by atoms with Crippen molar-refractivity contribution in [2.45, 2.75) is 36.0 Å². The summed E-state index contributed by atoms with van der Waals surface area (Å²) in [4.78, 5) is 0. The van der Waals surface area contributed by atoms with E-state index >= 15 is 0 Å². The second-order valence-corrected chi connectivity index (χ2v) is 4.28. The molecule has 0 saturated carbocycles. The molecule has 0 unspecified atom stereocenters. The van der Waals surface area contributed by atoms with Crippen LogP contribution in [0.4, 0.5) is 48.3 Å². The van der Waals surface area contributed by atoms with Crippen LogP contribution in [0.2, 0.25) is 0 Å². The monoisotopic (exact) mass is 374 g/mol. The van der Waals surface area contributed by atoms with Gasteiger partial charge < -0.3 is 14.9 Å². The first-order valence-electron chi connectivity index (χ1n) is 5.40. The Bertz CT molecular complexity index is 393. The fourth-order valence-electron chi connectivity index (χ4n) is 1.07. The van der Waals surface area contributed by atoms with Crippen molar-refractivity contribution >= 4 is 0 Å². The zero-order valence-electron chi connectivity index (χ0n) is 10.7. The molecule has 14 heteroatoms. The highest BCUT2D eigenvalue weighted by molar-refractivity contribution is 5.06. The predicted molar refractivity (Wildman–Crippen MR) is 49.8 cm³/mol. The minimum absolute atomic E-state index is 1.11. The minimum atomic E-state index is -7.49. The lowest BCUT2D eigenvalue weighted by atomic mass is 9.98. The smallest absolute Gasteiger partial charge is 0.394 e. The van der Waals surface area contributed by atoms with Crippen LogP contribution in [0.25, 0.3) is 0 Å². The molecule has 0 bridgehead atoms. The van der Waals surface area contributed by atoms with Gasteiger partial charge in [0.15, 0.2) is 0 Å². The van der Waals surface area contributed by atoms with Gasteiger partial charge in [-0.05, 0) is 0 Å². The molecular weight excluding hydrogens is 365 g/mol. The topological polar surface area (TPSA) is 49.7 Å². The Kier molecular flexibility index (Phi) is 6.29. The Hall–Kier alpha value is -0.890. The highest BCUT2D eigenvalue weighted by Gasteiger charge is 2.87. The summed E-state index contributed by atoms with van der Waals surface area (Å²) in [7, 11) is 0. The highest BCUT2D eigenvalue weighted by atomic mass is 19.4. The molecule has 0 heterocycles. The van der Waals surface area contributed by atoms with Gasteiger partial charge in [0.05, 0.1) is 13.2 Å². The molecule has 0 aliphatic heterocycles. The van der Waals surface area contributed by atoms with Crippen LogP contribution in [0, 0.1) is 0 Å².